The number of hydrogen-bond donors (Lipinski definition) is 2. The van der Waals surface area contributed by atoms with Gasteiger partial charge in [0.25, 0.3) is 0 Å². The number of ether oxygens (including phenoxy) is 1. The molecule has 0 radical (unpaired) electrons. The zero-order valence-corrected chi connectivity index (χ0v) is 8.34. The number of methoxy groups -OCH3 is 1. The second kappa shape index (κ2) is 3.97. The van der Waals surface area contributed by atoms with Crippen molar-refractivity contribution in [1.82, 2.24) is 20.2 Å². The minimum atomic E-state index is -1.14. The highest BCUT2D eigenvalue weighted by atomic mass is 16.5. The van der Waals surface area contributed by atoms with E-state index in [4.69, 9.17) is 9.84 Å². The highest BCUT2D eigenvalue weighted by Crippen LogP contribution is 2.23. The fraction of sp³-hybridized carbons (Fsp3) is 0.111. The minimum absolute atomic E-state index is 0.148. The van der Waals surface area contributed by atoms with Gasteiger partial charge in [-0.25, -0.2) is 14.8 Å². The largest absolute Gasteiger partial charge is 0.479 e. The van der Waals surface area contributed by atoms with Gasteiger partial charge in [-0.15, -0.1) is 0 Å². The first kappa shape index (κ1) is 10.1. The number of nitrogens with one attached hydrogen (secondary N) is 1. The van der Waals surface area contributed by atoms with Crippen molar-refractivity contribution in [2.45, 2.75) is 0 Å². The third-order valence-corrected chi connectivity index (χ3v) is 1.91. The molecule has 0 unspecified atom stereocenters. The van der Waals surface area contributed by atoms with Gasteiger partial charge in [0.1, 0.15) is 0 Å². The molecule has 0 saturated carbocycles. The summed E-state index contributed by atoms with van der Waals surface area (Å²) in [7, 11) is 1.43. The van der Waals surface area contributed by atoms with E-state index < -0.39 is 5.97 Å². The second-order valence-electron chi connectivity index (χ2n) is 2.89. The van der Waals surface area contributed by atoms with Gasteiger partial charge in [0, 0.05) is 6.20 Å². The maximum absolute atomic E-state index is 10.8. The Bertz CT molecular complexity index is 509. The molecule has 0 saturated heterocycles. The number of aromatic nitrogens is 4. The number of carboxylic acids is 1. The van der Waals surface area contributed by atoms with Gasteiger partial charge in [-0.2, -0.15) is 5.10 Å². The van der Waals surface area contributed by atoms with Crippen LogP contribution in [0.25, 0.3) is 11.4 Å². The van der Waals surface area contributed by atoms with Crippen molar-refractivity contribution in [3.05, 3.63) is 24.2 Å². The predicted octanol–water partition coefficient (Wildman–Crippen LogP) is 0.573. The Labute approximate surface area is 90.1 Å². The van der Waals surface area contributed by atoms with Gasteiger partial charge in [-0.05, 0) is 6.07 Å². The van der Waals surface area contributed by atoms with Crippen LogP contribution in [0.3, 0.4) is 0 Å². The van der Waals surface area contributed by atoms with E-state index in [0.717, 1.165) is 6.20 Å². The molecule has 2 aromatic rings. The molecule has 0 fully saturated rings. The van der Waals surface area contributed by atoms with Crippen LogP contribution in [0.5, 0.6) is 5.88 Å². The Morgan fingerprint density at radius 2 is 2.38 bits per heavy atom. The first-order chi connectivity index (χ1) is 7.72. The van der Waals surface area contributed by atoms with Crippen molar-refractivity contribution in [3.8, 4) is 17.3 Å². The summed E-state index contributed by atoms with van der Waals surface area (Å²) < 4.78 is 4.99. The van der Waals surface area contributed by atoms with E-state index in [2.05, 4.69) is 20.2 Å². The molecular weight excluding hydrogens is 212 g/mol. The van der Waals surface area contributed by atoms with Gasteiger partial charge in [0.2, 0.25) is 5.88 Å². The number of rotatable bonds is 3. The van der Waals surface area contributed by atoms with Crippen molar-refractivity contribution >= 4 is 5.97 Å². The van der Waals surface area contributed by atoms with Crippen molar-refractivity contribution in [1.29, 1.82) is 0 Å². The van der Waals surface area contributed by atoms with Gasteiger partial charge >= 0.3 is 5.97 Å². The number of aromatic amines is 1. The molecule has 0 aliphatic rings. The van der Waals surface area contributed by atoms with Crippen LogP contribution in [0.4, 0.5) is 0 Å². The molecule has 82 valence electrons. The van der Waals surface area contributed by atoms with Crippen molar-refractivity contribution in [2.24, 2.45) is 0 Å². The molecule has 0 spiro atoms. The van der Waals surface area contributed by atoms with Crippen LogP contribution in [0.1, 0.15) is 10.5 Å². The predicted molar refractivity (Wildman–Crippen MR) is 53.1 cm³/mol. The number of carboxylic acid groups (broad SMARTS) is 1. The first-order valence-electron chi connectivity index (χ1n) is 4.36. The Hall–Kier alpha value is -2.44. The lowest BCUT2D eigenvalue weighted by Crippen LogP contribution is -2.04. The molecule has 2 N–H and O–H groups in total. The van der Waals surface area contributed by atoms with Crippen molar-refractivity contribution in [2.75, 3.05) is 7.11 Å². The third kappa shape index (κ3) is 1.70. The summed E-state index contributed by atoms with van der Waals surface area (Å²) in [4.78, 5) is 18.5. The lowest BCUT2D eigenvalue weighted by molar-refractivity contribution is 0.0690. The summed E-state index contributed by atoms with van der Waals surface area (Å²) in [6.07, 6.45) is 2.67. The van der Waals surface area contributed by atoms with E-state index in [0.29, 0.717) is 11.4 Å². The van der Waals surface area contributed by atoms with E-state index >= 15 is 0 Å². The van der Waals surface area contributed by atoms with E-state index in [9.17, 15) is 4.79 Å². The molecule has 0 aliphatic carbocycles. The van der Waals surface area contributed by atoms with Crippen LogP contribution in [0.2, 0.25) is 0 Å². The molecule has 0 aromatic carbocycles. The average Bonchev–Trinajstić information content (AvgIpc) is 2.81. The van der Waals surface area contributed by atoms with Crippen LogP contribution in [0, 0.1) is 0 Å². The Morgan fingerprint density at radius 3 is 2.94 bits per heavy atom. The molecule has 0 atom stereocenters. The summed E-state index contributed by atoms with van der Waals surface area (Å²) in [5.74, 6) is -0.898. The number of nitrogens with zero attached hydrogens (tertiary/aromatic N) is 3. The summed E-state index contributed by atoms with van der Waals surface area (Å²) in [5, 5.41) is 15.2. The SMILES string of the molecule is COc1ncc(C(=O)O)nc1-c1ccn[nH]1. The zero-order chi connectivity index (χ0) is 11.5. The average molecular weight is 220 g/mol. The van der Waals surface area contributed by atoms with E-state index in [1.807, 2.05) is 0 Å². The lowest BCUT2D eigenvalue weighted by Gasteiger charge is -2.04. The number of aromatic carboxylic acids is 1. The maximum atomic E-state index is 10.8. The minimum Gasteiger partial charge on any atom is -0.479 e. The third-order valence-electron chi connectivity index (χ3n) is 1.91. The van der Waals surface area contributed by atoms with E-state index in [1.54, 1.807) is 6.07 Å². The monoisotopic (exact) mass is 220 g/mol. The van der Waals surface area contributed by atoms with Gasteiger partial charge in [0.05, 0.1) is 19.0 Å². The second-order valence-corrected chi connectivity index (χ2v) is 2.89. The van der Waals surface area contributed by atoms with Crippen LogP contribution >= 0.6 is 0 Å². The summed E-state index contributed by atoms with van der Waals surface area (Å²) in [6.45, 7) is 0. The van der Waals surface area contributed by atoms with Gasteiger partial charge in [0.15, 0.2) is 11.4 Å². The summed E-state index contributed by atoms with van der Waals surface area (Å²) in [6, 6.07) is 1.65. The topological polar surface area (TPSA) is 101 Å². The standard InChI is InChI=1S/C9H8N4O3/c1-16-8-7(5-2-3-11-13-5)12-6(4-10-8)9(14)15/h2-4H,1H3,(H,11,13)(H,14,15). The van der Waals surface area contributed by atoms with Gasteiger partial charge in [-0.1, -0.05) is 0 Å². The highest BCUT2D eigenvalue weighted by Gasteiger charge is 2.14. The Morgan fingerprint density at radius 1 is 1.56 bits per heavy atom. The number of hydrogen-bond acceptors (Lipinski definition) is 5. The first-order valence-corrected chi connectivity index (χ1v) is 4.36. The van der Waals surface area contributed by atoms with Crippen molar-refractivity contribution in [3.63, 3.8) is 0 Å². The molecule has 7 nitrogen and oxygen atoms in total. The number of carbonyl (C=O) groups is 1. The van der Waals surface area contributed by atoms with Crippen molar-refractivity contribution < 1.29 is 14.6 Å². The molecule has 0 aliphatic heterocycles. The summed E-state index contributed by atoms with van der Waals surface area (Å²) >= 11 is 0. The van der Waals surface area contributed by atoms with Crippen LogP contribution in [0.15, 0.2) is 18.5 Å². The molecule has 16 heavy (non-hydrogen) atoms. The Kier molecular flexibility index (Phi) is 2.50. The van der Waals surface area contributed by atoms with Gasteiger partial charge < -0.3 is 9.84 Å². The smallest absolute Gasteiger partial charge is 0.356 e. The normalized spacial score (nSPS) is 10.1. The van der Waals surface area contributed by atoms with Gasteiger partial charge in [-0.3, -0.25) is 5.10 Å². The molecule has 2 aromatic heterocycles. The Balaban J connectivity index is 2.56. The molecule has 2 rings (SSSR count). The fourth-order valence-corrected chi connectivity index (χ4v) is 1.19. The zero-order valence-electron chi connectivity index (χ0n) is 8.34. The van der Waals surface area contributed by atoms with E-state index in [-0.39, 0.29) is 11.6 Å². The van der Waals surface area contributed by atoms with Crippen LogP contribution in [-0.2, 0) is 0 Å². The van der Waals surface area contributed by atoms with Crippen LogP contribution in [-0.4, -0.2) is 38.4 Å². The van der Waals surface area contributed by atoms with Crippen LogP contribution < -0.4 is 4.74 Å². The van der Waals surface area contributed by atoms with E-state index in [1.165, 1.54) is 13.3 Å². The number of H-pyrrole nitrogens is 1. The maximum Gasteiger partial charge on any atom is 0.356 e. The highest BCUT2D eigenvalue weighted by molar-refractivity contribution is 5.85. The molecular formula is C9H8N4O3. The molecule has 7 heteroatoms. The molecule has 0 bridgehead atoms. The quantitative estimate of drug-likeness (QED) is 0.784. The molecule has 2 heterocycles. The summed E-state index contributed by atoms with van der Waals surface area (Å²) in [5.41, 5.74) is 0.720. The lowest BCUT2D eigenvalue weighted by atomic mass is 10.3. The fourth-order valence-electron chi connectivity index (χ4n) is 1.19. The molecule has 0 amide bonds.